The number of phenolic OH excluding ortho intramolecular Hbond substituents is 1. The number of amides is 1. The van der Waals surface area contributed by atoms with Gasteiger partial charge >= 0.3 is 0 Å². The van der Waals surface area contributed by atoms with Gasteiger partial charge < -0.3 is 15.3 Å². The Morgan fingerprint density at radius 2 is 1.67 bits per heavy atom. The summed E-state index contributed by atoms with van der Waals surface area (Å²) in [6.07, 6.45) is 3.66. The highest BCUT2D eigenvalue weighted by Gasteiger charge is 2.06. The standard InChI is InChI=1S/C22H26N2O3/c1-15-13-17(14-16(2)22(15)27)5-10-20(25)18-6-8-19(9-7-18)23-21(26)11-12-24(3)4/h5-10,13-14,27H,11-12H2,1-4H3,(H,23,26)/b10-5+. The second kappa shape index (κ2) is 9.14. The molecule has 5 heteroatoms. The lowest BCUT2D eigenvalue weighted by molar-refractivity contribution is -0.116. The number of nitrogens with one attached hydrogen (secondary N) is 1. The number of rotatable bonds is 7. The number of benzene rings is 2. The van der Waals surface area contributed by atoms with Crippen molar-refractivity contribution in [3.8, 4) is 5.75 Å². The minimum Gasteiger partial charge on any atom is -0.507 e. The Labute approximate surface area is 160 Å². The van der Waals surface area contributed by atoms with Gasteiger partial charge in [0.05, 0.1) is 0 Å². The highest BCUT2D eigenvalue weighted by molar-refractivity contribution is 6.07. The summed E-state index contributed by atoms with van der Waals surface area (Å²) < 4.78 is 0. The monoisotopic (exact) mass is 366 g/mol. The van der Waals surface area contributed by atoms with Gasteiger partial charge in [-0.15, -0.1) is 0 Å². The second-order valence-corrected chi connectivity index (χ2v) is 6.88. The second-order valence-electron chi connectivity index (χ2n) is 6.88. The maximum atomic E-state index is 12.3. The fraction of sp³-hybridized carbons (Fsp3) is 0.273. The minimum atomic E-state index is -0.121. The largest absolute Gasteiger partial charge is 0.507 e. The third kappa shape index (κ3) is 6.08. The SMILES string of the molecule is Cc1cc(/C=C/C(=O)c2ccc(NC(=O)CCN(C)C)cc2)cc(C)c1O. The van der Waals surface area contributed by atoms with Crippen LogP contribution in [0.1, 0.15) is 33.5 Å². The molecular formula is C22H26N2O3. The molecule has 0 saturated heterocycles. The number of ketones is 1. The Bertz CT molecular complexity index is 829. The Hall–Kier alpha value is -2.92. The van der Waals surface area contributed by atoms with E-state index in [0.29, 0.717) is 24.2 Å². The summed E-state index contributed by atoms with van der Waals surface area (Å²) in [6.45, 7) is 4.34. The lowest BCUT2D eigenvalue weighted by Crippen LogP contribution is -2.20. The summed E-state index contributed by atoms with van der Waals surface area (Å²) in [5, 5.41) is 12.6. The zero-order chi connectivity index (χ0) is 20.0. The molecule has 2 aromatic rings. The number of carbonyl (C=O) groups excluding carboxylic acids is 2. The maximum absolute atomic E-state index is 12.3. The zero-order valence-electron chi connectivity index (χ0n) is 16.2. The van der Waals surface area contributed by atoms with Crippen molar-refractivity contribution in [2.45, 2.75) is 20.3 Å². The highest BCUT2D eigenvalue weighted by Crippen LogP contribution is 2.23. The Morgan fingerprint density at radius 1 is 1.07 bits per heavy atom. The minimum absolute atomic E-state index is 0.0549. The molecule has 0 bridgehead atoms. The van der Waals surface area contributed by atoms with E-state index in [1.165, 1.54) is 6.08 Å². The van der Waals surface area contributed by atoms with Crippen LogP contribution in [0.2, 0.25) is 0 Å². The van der Waals surface area contributed by atoms with Crippen molar-refractivity contribution in [3.05, 3.63) is 64.7 Å². The van der Waals surface area contributed by atoms with E-state index in [1.807, 2.05) is 45.0 Å². The Kier molecular flexibility index (Phi) is 6.91. The molecule has 1 amide bonds. The first-order valence-electron chi connectivity index (χ1n) is 8.83. The normalized spacial score (nSPS) is 11.1. The van der Waals surface area contributed by atoms with Crippen LogP contribution in [-0.2, 0) is 4.79 Å². The van der Waals surface area contributed by atoms with Crippen molar-refractivity contribution in [3.63, 3.8) is 0 Å². The number of carbonyl (C=O) groups is 2. The quantitative estimate of drug-likeness (QED) is 0.578. The third-order valence-corrected chi connectivity index (χ3v) is 4.18. The predicted octanol–water partition coefficient (Wildman–Crippen LogP) is 3.80. The summed E-state index contributed by atoms with van der Waals surface area (Å²) in [5.74, 6) is 0.103. The molecule has 0 spiro atoms. The lowest BCUT2D eigenvalue weighted by Gasteiger charge is -2.09. The van der Waals surface area contributed by atoms with Gasteiger partial charge in [-0.05, 0) is 87.1 Å². The molecule has 0 aliphatic rings. The van der Waals surface area contributed by atoms with Gasteiger partial charge in [0.25, 0.3) is 0 Å². The van der Waals surface area contributed by atoms with Crippen molar-refractivity contribution in [2.75, 3.05) is 26.0 Å². The molecule has 2 rings (SSSR count). The predicted molar refractivity (Wildman–Crippen MR) is 109 cm³/mol. The van der Waals surface area contributed by atoms with Gasteiger partial charge in [0.15, 0.2) is 5.78 Å². The van der Waals surface area contributed by atoms with Crippen LogP contribution in [0.3, 0.4) is 0 Å². The van der Waals surface area contributed by atoms with E-state index in [-0.39, 0.29) is 17.4 Å². The fourth-order valence-corrected chi connectivity index (χ4v) is 2.62. The molecule has 0 unspecified atom stereocenters. The van der Waals surface area contributed by atoms with Gasteiger partial charge in [-0.1, -0.05) is 6.08 Å². The van der Waals surface area contributed by atoms with Gasteiger partial charge in [0.1, 0.15) is 5.75 Å². The van der Waals surface area contributed by atoms with E-state index < -0.39 is 0 Å². The van der Waals surface area contributed by atoms with E-state index in [9.17, 15) is 14.7 Å². The van der Waals surface area contributed by atoms with Crippen molar-refractivity contribution >= 4 is 23.5 Å². The maximum Gasteiger partial charge on any atom is 0.225 e. The Balaban J connectivity index is 2.00. The number of anilines is 1. The molecule has 5 nitrogen and oxygen atoms in total. The molecular weight excluding hydrogens is 340 g/mol. The average molecular weight is 366 g/mol. The summed E-state index contributed by atoms with van der Waals surface area (Å²) in [7, 11) is 3.84. The Morgan fingerprint density at radius 3 is 2.22 bits per heavy atom. The summed E-state index contributed by atoms with van der Waals surface area (Å²) in [5.41, 5.74) is 3.63. The summed E-state index contributed by atoms with van der Waals surface area (Å²) in [4.78, 5) is 26.1. The van der Waals surface area contributed by atoms with Gasteiger partial charge in [0, 0.05) is 24.2 Å². The zero-order valence-corrected chi connectivity index (χ0v) is 16.2. The number of phenols is 1. The number of aryl methyl sites for hydroxylation is 2. The van der Waals surface area contributed by atoms with E-state index in [4.69, 9.17) is 0 Å². The van der Waals surface area contributed by atoms with Crippen LogP contribution < -0.4 is 5.32 Å². The van der Waals surface area contributed by atoms with E-state index in [0.717, 1.165) is 16.7 Å². The number of allylic oxidation sites excluding steroid dienone is 1. The van der Waals surface area contributed by atoms with Crippen LogP contribution >= 0.6 is 0 Å². The first-order chi connectivity index (χ1) is 12.8. The molecule has 2 aromatic carbocycles. The molecule has 0 heterocycles. The van der Waals surface area contributed by atoms with Crippen LogP contribution in [0, 0.1) is 13.8 Å². The first-order valence-corrected chi connectivity index (χ1v) is 8.83. The number of hydrogen-bond acceptors (Lipinski definition) is 4. The molecule has 0 saturated carbocycles. The van der Waals surface area contributed by atoms with Crippen LogP contribution in [-0.4, -0.2) is 42.3 Å². The molecule has 142 valence electrons. The molecule has 0 aromatic heterocycles. The summed E-state index contributed by atoms with van der Waals surface area (Å²) >= 11 is 0. The summed E-state index contributed by atoms with van der Waals surface area (Å²) in [6, 6.07) is 10.5. The van der Waals surface area contributed by atoms with E-state index >= 15 is 0 Å². The molecule has 27 heavy (non-hydrogen) atoms. The molecule has 0 fully saturated rings. The van der Waals surface area contributed by atoms with E-state index in [2.05, 4.69) is 5.32 Å². The highest BCUT2D eigenvalue weighted by atomic mass is 16.3. The molecule has 0 atom stereocenters. The van der Waals surface area contributed by atoms with Crippen LogP contribution in [0.15, 0.2) is 42.5 Å². The smallest absolute Gasteiger partial charge is 0.225 e. The number of nitrogens with zero attached hydrogens (tertiary/aromatic N) is 1. The number of hydrogen-bond donors (Lipinski definition) is 2. The van der Waals surface area contributed by atoms with Crippen LogP contribution in [0.5, 0.6) is 5.75 Å². The van der Waals surface area contributed by atoms with Crippen molar-refractivity contribution in [1.29, 1.82) is 0 Å². The van der Waals surface area contributed by atoms with Crippen molar-refractivity contribution < 1.29 is 14.7 Å². The molecule has 2 N–H and O–H groups in total. The third-order valence-electron chi connectivity index (χ3n) is 4.18. The van der Waals surface area contributed by atoms with Gasteiger partial charge in [-0.2, -0.15) is 0 Å². The van der Waals surface area contributed by atoms with Crippen molar-refractivity contribution in [1.82, 2.24) is 4.90 Å². The average Bonchev–Trinajstić information content (AvgIpc) is 2.63. The topological polar surface area (TPSA) is 69.6 Å². The lowest BCUT2D eigenvalue weighted by atomic mass is 10.0. The molecule has 0 aliphatic carbocycles. The van der Waals surface area contributed by atoms with Crippen LogP contribution in [0.4, 0.5) is 5.69 Å². The van der Waals surface area contributed by atoms with Gasteiger partial charge in [-0.25, -0.2) is 0 Å². The molecule has 0 aliphatic heterocycles. The van der Waals surface area contributed by atoms with Gasteiger partial charge in [-0.3, -0.25) is 9.59 Å². The fourth-order valence-electron chi connectivity index (χ4n) is 2.62. The van der Waals surface area contributed by atoms with E-state index in [1.54, 1.807) is 30.3 Å². The first kappa shape index (κ1) is 20.4. The number of aromatic hydroxyl groups is 1. The van der Waals surface area contributed by atoms with Crippen LogP contribution in [0.25, 0.3) is 6.08 Å². The van der Waals surface area contributed by atoms with Crippen molar-refractivity contribution in [2.24, 2.45) is 0 Å². The van der Waals surface area contributed by atoms with Gasteiger partial charge in [0.2, 0.25) is 5.91 Å². The molecule has 0 radical (unpaired) electrons.